The molecule has 0 unspecified atom stereocenters. The van der Waals surface area contributed by atoms with E-state index in [4.69, 9.17) is 9.47 Å². The molecule has 0 aliphatic rings. The largest absolute Gasteiger partial charge is 0.493 e. The Morgan fingerprint density at radius 2 is 1.77 bits per heavy atom. The molecular formula is C18H17F2NO5. The first kappa shape index (κ1) is 19.2. The molecule has 2 aromatic carbocycles. The minimum absolute atomic E-state index is 0.197. The monoisotopic (exact) mass is 365 g/mol. The van der Waals surface area contributed by atoms with Crippen molar-refractivity contribution in [1.29, 1.82) is 0 Å². The van der Waals surface area contributed by atoms with Gasteiger partial charge in [-0.3, -0.25) is 4.79 Å². The van der Waals surface area contributed by atoms with Gasteiger partial charge in [0, 0.05) is 6.07 Å². The Morgan fingerprint density at radius 3 is 2.42 bits per heavy atom. The van der Waals surface area contributed by atoms with E-state index in [1.807, 2.05) is 0 Å². The van der Waals surface area contributed by atoms with Crippen LogP contribution in [0, 0.1) is 11.6 Å². The maximum Gasteiger partial charge on any atom is 0.337 e. The van der Waals surface area contributed by atoms with E-state index < -0.39 is 29.6 Å². The van der Waals surface area contributed by atoms with Gasteiger partial charge in [0.2, 0.25) is 0 Å². The molecule has 2 rings (SSSR count). The maximum absolute atomic E-state index is 13.6. The zero-order chi connectivity index (χ0) is 19.3. The van der Waals surface area contributed by atoms with E-state index in [0.29, 0.717) is 0 Å². The molecular weight excluding hydrogens is 348 g/mol. The van der Waals surface area contributed by atoms with Crippen molar-refractivity contribution in [2.24, 2.45) is 0 Å². The smallest absolute Gasteiger partial charge is 0.337 e. The van der Waals surface area contributed by atoms with Crippen molar-refractivity contribution in [1.82, 2.24) is 0 Å². The average molecular weight is 365 g/mol. The number of methoxy groups -OCH3 is 2. The lowest BCUT2D eigenvalue weighted by atomic mass is 10.2. The molecule has 0 aliphatic heterocycles. The van der Waals surface area contributed by atoms with Crippen molar-refractivity contribution in [3.05, 3.63) is 53.6 Å². The van der Waals surface area contributed by atoms with Crippen molar-refractivity contribution in [2.75, 3.05) is 19.5 Å². The van der Waals surface area contributed by atoms with Gasteiger partial charge in [-0.2, -0.15) is 0 Å². The van der Waals surface area contributed by atoms with E-state index in [2.05, 4.69) is 10.1 Å². The fraction of sp³-hybridized carbons (Fsp3) is 0.222. The predicted octanol–water partition coefficient (Wildman–Crippen LogP) is 3.17. The van der Waals surface area contributed by atoms with Gasteiger partial charge in [-0.25, -0.2) is 13.6 Å². The first-order valence-corrected chi connectivity index (χ1v) is 7.54. The van der Waals surface area contributed by atoms with Gasteiger partial charge in [0.1, 0.15) is 11.6 Å². The van der Waals surface area contributed by atoms with Crippen LogP contribution in [0.4, 0.5) is 14.5 Å². The van der Waals surface area contributed by atoms with E-state index in [0.717, 1.165) is 18.2 Å². The van der Waals surface area contributed by atoms with Gasteiger partial charge < -0.3 is 19.5 Å². The zero-order valence-corrected chi connectivity index (χ0v) is 14.3. The van der Waals surface area contributed by atoms with Gasteiger partial charge >= 0.3 is 5.97 Å². The number of ether oxygens (including phenoxy) is 3. The summed E-state index contributed by atoms with van der Waals surface area (Å²) in [4.78, 5) is 23.7. The first-order chi connectivity index (χ1) is 12.3. The second-order valence-corrected chi connectivity index (χ2v) is 5.23. The summed E-state index contributed by atoms with van der Waals surface area (Å²) in [6.45, 7) is 1.43. The number of carbonyl (C=O) groups is 2. The van der Waals surface area contributed by atoms with E-state index in [-0.39, 0.29) is 22.7 Å². The third-order valence-corrected chi connectivity index (χ3v) is 3.44. The van der Waals surface area contributed by atoms with E-state index in [1.165, 1.54) is 39.3 Å². The quantitative estimate of drug-likeness (QED) is 0.796. The number of esters is 1. The van der Waals surface area contributed by atoms with Gasteiger partial charge in [0.05, 0.1) is 25.5 Å². The summed E-state index contributed by atoms with van der Waals surface area (Å²) >= 11 is 0. The fourth-order valence-corrected chi connectivity index (χ4v) is 2.08. The molecule has 0 bridgehead atoms. The lowest BCUT2D eigenvalue weighted by molar-refractivity contribution is -0.122. The van der Waals surface area contributed by atoms with E-state index in [9.17, 15) is 18.4 Å². The molecule has 0 aliphatic carbocycles. The number of nitrogens with one attached hydrogen (secondary N) is 1. The standard InChI is InChI=1S/C18H17F2NO5/c1-10(17(22)21-14-9-12(19)5-6-13(14)20)26-15-7-4-11(18(23)25-3)8-16(15)24-2/h4-10H,1-3H3,(H,21,22)/t10-/m0/s1. The summed E-state index contributed by atoms with van der Waals surface area (Å²) in [5.74, 6) is -2.29. The Morgan fingerprint density at radius 1 is 1.04 bits per heavy atom. The Bertz CT molecular complexity index is 825. The van der Waals surface area contributed by atoms with Crippen LogP contribution < -0.4 is 14.8 Å². The molecule has 1 N–H and O–H groups in total. The van der Waals surface area contributed by atoms with E-state index >= 15 is 0 Å². The van der Waals surface area contributed by atoms with Crippen molar-refractivity contribution in [2.45, 2.75) is 13.0 Å². The normalized spacial score (nSPS) is 11.4. The van der Waals surface area contributed by atoms with Gasteiger partial charge in [-0.1, -0.05) is 0 Å². The molecule has 0 radical (unpaired) electrons. The van der Waals surface area contributed by atoms with Gasteiger partial charge in [0.15, 0.2) is 17.6 Å². The Hall–Kier alpha value is -3.16. The highest BCUT2D eigenvalue weighted by Crippen LogP contribution is 2.29. The summed E-state index contributed by atoms with van der Waals surface area (Å²) in [5, 5.41) is 2.25. The molecule has 2 aromatic rings. The highest BCUT2D eigenvalue weighted by Gasteiger charge is 2.19. The zero-order valence-electron chi connectivity index (χ0n) is 14.3. The van der Waals surface area contributed by atoms with Crippen LogP contribution in [0.5, 0.6) is 11.5 Å². The topological polar surface area (TPSA) is 73.9 Å². The summed E-state index contributed by atoms with van der Waals surface area (Å²) < 4.78 is 42.0. The molecule has 0 heterocycles. The predicted molar refractivity (Wildman–Crippen MR) is 89.4 cm³/mol. The molecule has 0 fully saturated rings. The van der Waals surface area contributed by atoms with Crippen LogP contribution in [0.1, 0.15) is 17.3 Å². The number of hydrogen-bond acceptors (Lipinski definition) is 5. The van der Waals surface area contributed by atoms with Crippen LogP contribution in [-0.4, -0.2) is 32.2 Å². The molecule has 6 nitrogen and oxygen atoms in total. The number of benzene rings is 2. The minimum Gasteiger partial charge on any atom is -0.493 e. The second kappa shape index (κ2) is 8.28. The van der Waals surface area contributed by atoms with Gasteiger partial charge in [-0.05, 0) is 37.3 Å². The highest BCUT2D eigenvalue weighted by atomic mass is 19.1. The Balaban J connectivity index is 2.13. The molecule has 26 heavy (non-hydrogen) atoms. The van der Waals surface area contributed by atoms with Gasteiger partial charge in [0.25, 0.3) is 5.91 Å². The first-order valence-electron chi connectivity index (χ1n) is 7.54. The number of amides is 1. The van der Waals surface area contributed by atoms with Crippen LogP contribution >= 0.6 is 0 Å². The number of anilines is 1. The average Bonchev–Trinajstić information content (AvgIpc) is 2.64. The second-order valence-electron chi connectivity index (χ2n) is 5.23. The number of halogens is 2. The Kier molecular flexibility index (Phi) is 6.11. The Labute approximate surface area is 148 Å². The third kappa shape index (κ3) is 4.47. The molecule has 1 atom stereocenters. The summed E-state index contributed by atoms with van der Waals surface area (Å²) in [6, 6.07) is 7.01. The molecule has 0 saturated heterocycles. The van der Waals surface area contributed by atoms with Crippen LogP contribution in [0.25, 0.3) is 0 Å². The lowest BCUT2D eigenvalue weighted by Gasteiger charge is -2.17. The van der Waals surface area contributed by atoms with Crippen molar-refractivity contribution in [3.8, 4) is 11.5 Å². The SMILES string of the molecule is COC(=O)c1ccc(O[C@@H](C)C(=O)Nc2cc(F)ccc2F)c(OC)c1. The molecule has 0 saturated carbocycles. The van der Waals surface area contributed by atoms with Crippen LogP contribution in [-0.2, 0) is 9.53 Å². The maximum atomic E-state index is 13.6. The van der Waals surface area contributed by atoms with Crippen molar-refractivity contribution < 1.29 is 32.6 Å². The fourth-order valence-electron chi connectivity index (χ4n) is 2.08. The highest BCUT2D eigenvalue weighted by molar-refractivity contribution is 5.94. The lowest BCUT2D eigenvalue weighted by Crippen LogP contribution is -2.30. The molecule has 138 valence electrons. The van der Waals surface area contributed by atoms with Gasteiger partial charge in [-0.15, -0.1) is 0 Å². The van der Waals surface area contributed by atoms with Crippen molar-refractivity contribution >= 4 is 17.6 Å². The summed E-state index contributed by atoms with van der Waals surface area (Å²) in [6.07, 6.45) is -1.05. The van der Waals surface area contributed by atoms with Crippen LogP contribution in [0.3, 0.4) is 0 Å². The number of hydrogen-bond donors (Lipinski definition) is 1. The molecule has 8 heteroatoms. The summed E-state index contributed by atoms with van der Waals surface area (Å²) in [7, 11) is 2.62. The molecule has 0 aromatic heterocycles. The van der Waals surface area contributed by atoms with Crippen molar-refractivity contribution in [3.63, 3.8) is 0 Å². The molecule has 0 spiro atoms. The number of rotatable bonds is 6. The summed E-state index contributed by atoms with van der Waals surface area (Å²) in [5.41, 5.74) is -0.0471. The third-order valence-electron chi connectivity index (χ3n) is 3.44. The minimum atomic E-state index is -1.05. The number of carbonyl (C=O) groups excluding carboxylic acids is 2. The van der Waals surface area contributed by atoms with Crippen LogP contribution in [0.15, 0.2) is 36.4 Å². The van der Waals surface area contributed by atoms with E-state index in [1.54, 1.807) is 0 Å². The van der Waals surface area contributed by atoms with Crippen LogP contribution in [0.2, 0.25) is 0 Å². The molecule has 1 amide bonds.